The van der Waals surface area contributed by atoms with E-state index in [4.69, 9.17) is 5.11 Å². The van der Waals surface area contributed by atoms with Gasteiger partial charge in [0.25, 0.3) is 0 Å². The molecule has 0 saturated carbocycles. The van der Waals surface area contributed by atoms with Gasteiger partial charge in [0.1, 0.15) is 5.82 Å². The van der Waals surface area contributed by atoms with Crippen LogP contribution in [0.2, 0.25) is 0 Å². The maximum absolute atomic E-state index is 10.1. The van der Waals surface area contributed by atoms with Crippen molar-refractivity contribution < 1.29 is 9.90 Å². The van der Waals surface area contributed by atoms with Crippen LogP contribution in [-0.4, -0.2) is 16.1 Å². The van der Waals surface area contributed by atoms with E-state index in [1.807, 2.05) is 19.1 Å². The summed E-state index contributed by atoms with van der Waals surface area (Å²) in [4.78, 5) is 14.1. The molecule has 0 radical (unpaired) electrons. The number of carbonyl (C=O) groups is 1. The second-order valence-electron chi connectivity index (χ2n) is 2.48. The standard InChI is InChI=1S/C9H10N2O2/c1-7-3-2-5-10-9(7)11-6-4-8(12)13/h2-6H,1H3,(H,10,11)(H,12,13). The quantitative estimate of drug-likeness (QED) is 0.687. The maximum atomic E-state index is 10.1. The largest absolute Gasteiger partial charge is 0.478 e. The number of nitrogens with zero attached hydrogens (tertiary/aromatic N) is 1. The molecule has 0 unspecified atom stereocenters. The normalized spacial score (nSPS) is 10.2. The van der Waals surface area contributed by atoms with Crippen LogP contribution in [0.5, 0.6) is 0 Å². The zero-order valence-electron chi connectivity index (χ0n) is 7.19. The molecule has 13 heavy (non-hydrogen) atoms. The Bertz CT molecular complexity index is 334. The van der Waals surface area contributed by atoms with Crippen LogP contribution in [0.1, 0.15) is 5.56 Å². The smallest absolute Gasteiger partial charge is 0.329 e. The molecule has 68 valence electrons. The van der Waals surface area contributed by atoms with Crippen LogP contribution in [0.25, 0.3) is 0 Å². The summed E-state index contributed by atoms with van der Waals surface area (Å²) in [7, 11) is 0. The van der Waals surface area contributed by atoms with E-state index in [9.17, 15) is 4.79 Å². The van der Waals surface area contributed by atoms with E-state index in [0.29, 0.717) is 5.82 Å². The summed E-state index contributed by atoms with van der Waals surface area (Å²) in [6, 6.07) is 3.71. The first kappa shape index (κ1) is 9.25. The molecule has 1 aromatic heterocycles. The van der Waals surface area contributed by atoms with Crippen molar-refractivity contribution in [1.82, 2.24) is 4.98 Å². The summed E-state index contributed by atoms with van der Waals surface area (Å²) < 4.78 is 0. The molecule has 0 spiro atoms. The Labute approximate surface area is 75.9 Å². The molecule has 0 aliphatic rings. The second-order valence-corrected chi connectivity index (χ2v) is 2.48. The van der Waals surface area contributed by atoms with Gasteiger partial charge in [-0.3, -0.25) is 0 Å². The summed E-state index contributed by atoms with van der Waals surface area (Å²) >= 11 is 0. The lowest BCUT2D eigenvalue weighted by Crippen LogP contribution is -1.95. The summed E-state index contributed by atoms with van der Waals surface area (Å²) in [5.41, 5.74) is 0.970. The number of aliphatic carboxylic acids is 1. The Morgan fingerprint density at radius 3 is 3.08 bits per heavy atom. The Balaban J connectivity index is 2.64. The predicted octanol–water partition coefficient (Wildman–Crippen LogP) is 1.40. The minimum absolute atomic E-state index is 0.667. The Kier molecular flexibility index (Phi) is 3.03. The first-order chi connectivity index (χ1) is 6.20. The van der Waals surface area contributed by atoms with Crippen LogP contribution in [0.4, 0.5) is 5.82 Å². The van der Waals surface area contributed by atoms with Gasteiger partial charge in [-0.2, -0.15) is 0 Å². The molecule has 1 aromatic rings. The number of aryl methyl sites for hydroxylation is 1. The molecule has 0 saturated heterocycles. The van der Waals surface area contributed by atoms with E-state index in [1.165, 1.54) is 6.20 Å². The number of carboxylic acid groups (broad SMARTS) is 1. The molecular weight excluding hydrogens is 168 g/mol. The van der Waals surface area contributed by atoms with Crippen molar-refractivity contribution in [1.29, 1.82) is 0 Å². The second kappa shape index (κ2) is 4.25. The van der Waals surface area contributed by atoms with E-state index in [0.717, 1.165) is 11.6 Å². The molecule has 0 aliphatic heterocycles. The van der Waals surface area contributed by atoms with Crippen LogP contribution in [0.15, 0.2) is 30.6 Å². The van der Waals surface area contributed by atoms with Crippen molar-refractivity contribution in [3.63, 3.8) is 0 Å². The zero-order valence-corrected chi connectivity index (χ0v) is 7.19. The monoisotopic (exact) mass is 178 g/mol. The molecular formula is C9H10N2O2. The number of hydrogen-bond acceptors (Lipinski definition) is 3. The highest BCUT2D eigenvalue weighted by molar-refractivity contribution is 5.80. The summed E-state index contributed by atoms with van der Waals surface area (Å²) in [6.45, 7) is 1.89. The molecule has 1 rings (SSSR count). The molecule has 0 amide bonds. The lowest BCUT2D eigenvalue weighted by Gasteiger charge is -2.01. The van der Waals surface area contributed by atoms with Gasteiger partial charge in [0.15, 0.2) is 0 Å². The SMILES string of the molecule is Cc1cccnc1NC=CC(=O)O. The van der Waals surface area contributed by atoms with E-state index in [-0.39, 0.29) is 0 Å². The molecule has 0 atom stereocenters. The Hall–Kier alpha value is -1.84. The van der Waals surface area contributed by atoms with Crippen molar-refractivity contribution in [2.24, 2.45) is 0 Å². The van der Waals surface area contributed by atoms with Crippen molar-refractivity contribution in [3.05, 3.63) is 36.2 Å². The molecule has 0 aliphatic carbocycles. The molecule has 0 aromatic carbocycles. The van der Waals surface area contributed by atoms with Crippen LogP contribution < -0.4 is 5.32 Å². The van der Waals surface area contributed by atoms with Gasteiger partial charge in [0.05, 0.1) is 0 Å². The minimum Gasteiger partial charge on any atom is -0.478 e. The van der Waals surface area contributed by atoms with E-state index >= 15 is 0 Å². The summed E-state index contributed by atoms with van der Waals surface area (Å²) in [6.07, 6.45) is 4.01. The molecule has 1 heterocycles. The maximum Gasteiger partial charge on any atom is 0.329 e. The topological polar surface area (TPSA) is 62.2 Å². The first-order valence-corrected chi connectivity index (χ1v) is 3.78. The first-order valence-electron chi connectivity index (χ1n) is 3.78. The highest BCUT2D eigenvalue weighted by atomic mass is 16.4. The van der Waals surface area contributed by atoms with Crippen LogP contribution in [-0.2, 0) is 4.79 Å². The highest BCUT2D eigenvalue weighted by Crippen LogP contribution is 2.08. The summed E-state index contributed by atoms with van der Waals surface area (Å²) in [5.74, 6) is -0.318. The fraction of sp³-hybridized carbons (Fsp3) is 0.111. The number of anilines is 1. The van der Waals surface area contributed by atoms with Gasteiger partial charge in [0, 0.05) is 18.5 Å². The average Bonchev–Trinajstić information content (AvgIpc) is 2.08. The third kappa shape index (κ3) is 2.94. The third-order valence-corrected chi connectivity index (χ3v) is 1.46. The Morgan fingerprint density at radius 2 is 2.46 bits per heavy atom. The minimum atomic E-state index is -0.985. The number of aromatic nitrogens is 1. The summed E-state index contributed by atoms with van der Waals surface area (Å²) in [5, 5.41) is 11.1. The third-order valence-electron chi connectivity index (χ3n) is 1.46. The van der Waals surface area contributed by atoms with Crippen LogP contribution in [0.3, 0.4) is 0 Å². The number of carboxylic acids is 1. The van der Waals surface area contributed by atoms with Crippen molar-refractivity contribution in [3.8, 4) is 0 Å². The lowest BCUT2D eigenvalue weighted by atomic mass is 10.3. The molecule has 0 bridgehead atoms. The molecule has 0 fully saturated rings. The van der Waals surface area contributed by atoms with Gasteiger partial charge in [-0.1, -0.05) is 6.07 Å². The van der Waals surface area contributed by atoms with Gasteiger partial charge < -0.3 is 10.4 Å². The van der Waals surface area contributed by atoms with Gasteiger partial charge in [-0.25, -0.2) is 9.78 Å². The van der Waals surface area contributed by atoms with E-state index < -0.39 is 5.97 Å². The zero-order chi connectivity index (χ0) is 9.68. The molecule has 4 heteroatoms. The average molecular weight is 178 g/mol. The van der Waals surface area contributed by atoms with Crippen LogP contribution in [0, 0.1) is 6.92 Å². The molecule has 4 nitrogen and oxygen atoms in total. The predicted molar refractivity (Wildman–Crippen MR) is 49.4 cm³/mol. The van der Waals surface area contributed by atoms with Crippen molar-refractivity contribution in [2.45, 2.75) is 6.92 Å². The van der Waals surface area contributed by atoms with Gasteiger partial charge in [-0.05, 0) is 18.6 Å². The van der Waals surface area contributed by atoms with Gasteiger partial charge >= 0.3 is 5.97 Å². The van der Waals surface area contributed by atoms with Crippen LogP contribution >= 0.6 is 0 Å². The molecule has 2 N–H and O–H groups in total. The van der Waals surface area contributed by atoms with E-state index in [1.54, 1.807) is 6.20 Å². The van der Waals surface area contributed by atoms with Gasteiger partial charge in [-0.15, -0.1) is 0 Å². The van der Waals surface area contributed by atoms with Gasteiger partial charge in [0.2, 0.25) is 0 Å². The highest BCUT2D eigenvalue weighted by Gasteiger charge is 1.93. The number of rotatable bonds is 3. The number of nitrogens with one attached hydrogen (secondary N) is 1. The fourth-order valence-electron chi connectivity index (χ4n) is 0.829. The lowest BCUT2D eigenvalue weighted by molar-refractivity contribution is -0.131. The Morgan fingerprint density at radius 1 is 1.69 bits per heavy atom. The fourth-order valence-corrected chi connectivity index (χ4v) is 0.829. The van der Waals surface area contributed by atoms with Crippen molar-refractivity contribution in [2.75, 3.05) is 5.32 Å². The number of hydrogen-bond donors (Lipinski definition) is 2. The number of pyridine rings is 1. The van der Waals surface area contributed by atoms with E-state index in [2.05, 4.69) is 10.3 Å². The van der Waals surface area contributed by atoms with Crippen molar-refractivity contribution >= 4 is 11.8 Å².